The number of carbonyl (C=O) groups excluding carboxylic acids is 1. The van der Waals surface area contributed by atoms with Crippen LogP contribution in [0.25, 0.3) is 0 Å². The normalized spacial score (nSPS) is 23.9. The van der Waals surface area contributed by atoms with E-state index in [-0.39, 0.29) is 23.3 Å². The van der Waals surface area contributed by atoms with Gasteiger partial charge in [-0.3, -0.25) is 4.79 Å². The van der Waals surface area contributed by atoms with Crippen LogP contribution in [0.15, 0.2) is 18.2 Å². The maximum atomic E-state index is 12.7. The zero-order valence-electron chi connectivity index (χ0n) is 13.0. The molecule has 21 heavy (non-hydrogen) atoms. The highest BCUT2D eigenvalue weighted by Crippen LogP contribution is 2.28. The van der Waals surface area contributed by atoms with E-state index in [1.807, 2.05) is 11.8 Å². The minimum absolute atomic E-state index is 0.128. The molecule has 116 valence electrons. The van der Waals surface area contributed by atoms with Crippen LogP contribution in [0.4, 0.5) is 0 Å². The Hall–Kier alpha value is -1.71. The monoisotopic (exact) mass is 291 g/mol. The lowest BCUT2D eigenvalue weighted by molar-refractivity contribution is -0.141. The van der Waals surface area contributed by atoms with Crippen molar-refractivity contribution in [2.24, 2.45) is 5.92 Å². The Bertz CT molecular complexity index is 505. The van der Waals surface area contributed by atoms with E-state index in [0.717, 1.165) is 18.4 Å². The molecule has 1 saturated heterocycles. The number of phenolic OH excluding ortho intramolecular Hbond substituents is 2. The summed E-state index contributed by atoms with van der Waals surface area (Å²) in [7, 11) is 0. The van der Waals surface area contributed by atoms with Crippen molar-refractivity contribution in [2.75, 3.05) is 0 Å². The number of piperidine rings is 1. The molecule has 1 aliphatic rings. The van der Waals surface area contributed by atoms with E-state index in [4.69, 9.17) is 0 Å². The molecule has 0 aromatic heterocycles. The minimum Gasteiger partial charge on any atom is -0.504 e. The maximum Gasteiger partial charge on any atom is 0.226 e. The fourth-order valence-electron chi connectivity index (χ4n) is 3.25. The summed E-state index contributed by atoms with van der Waals surface area (Å²) in [5.41, 5.74) is 0.864. The van der Waals surface area contributed by atoms with Crippen molar-refractivity contribution in [2.45, 2.75) is 58.5 Å². The molecule has 0 aliphatic carbocycles. The van der Waals surface area contributed by atoms with Gasteiger partial charge in [-0.1, -0.05) is 13.0 Å². The number of benzene rings is 1. The molecule has 0 bridgehead atoms. The first-order valence-corrected chi connectivity index (χ1v) is 7.73. The quantitative estimate of drug-likeness (QED) is 0.841. The number of aromatic hydroxyl groups is 2. The fourth-order valence-corrected chi connectivity index (χ4v) is 3.25. The first-order valence-electron chi connectivity index (χ1n) is 7.73. The predicted molar refractivity (Wildman–Crippen MR) is 82.3 cm³/mol. The number of amides is 1. The number of hydrogen-bond donors (Lipinski definition) is 2. The van der Waals surface area contributed by atoms with Gasteiger partial charge >= 0.3 is 0 Å². The molecule has 1 fully saturated rings. The van der Waals surface area contributed by atoms with Crippen LogP contribution in [-0.4, -0.2) is 33.1 Å². The Morgan fingerprint density at radius 1 is 1.24 bits per heavy atom. The molecule has 1 aromatic rings. The summed E-state index contributed by atoms with van der Waals surface area (Å²) in [6.45, 7) is 6.17. The fraction of sp³-hybridized carbons (Fsp3) is 0.588. The summed E-state index contributed by atoms with van der Waals surface area (Å²) < 4.78 is 0. The molecule has 4 heteroatoms. The molecular weight excluding hydrogens is 266 g/mol. The van der Waals surface area contributed by atoms with Crippen molar-refractivity contribution in [3.63, 3.8) is 0 Å². The highest BCUT2D eigenvalue weighted by atomic mass is 16.3. The maximum absolute atomic E-state index is 12.7. The van der Waals surface area contributed by atoms with Crippen molar-refractivity contribution < 1.29 is 15.0 Å². The average molecular weight is 291 g/mol. The minimum atomic E-state index is -0.133. The van der Waals surface area contributed by atoms with E-state index in [1.165, 1.54) is 18.6 Å². The van der Waals surface area contributed by atoms with E-state index in [0.29, 0.717) is 18.5 Å². The molecule has 1 aromatic carbocycles. The van der Waals surface area contributed by atoms with Crippen molar-refractivity contribution in [1.82, 2.24) is 4.90 Å². The molecule has 0 saturated carbocycles. The predicted octanol–water partition coefficient (Wildman–Crippen LogP) is 3.07. The van der Waals surface area contributed by atoms with Gasteiger partial charge in [0.15, 0.2) is 11.5 Å². The lowest BCUT2D eigenvalue weighted by Crippen LogP contribution is -2.49. The van der Waals surface area contributed by atoms with E-state index >= 15 is 0 Å². The Morgan fingerprint density at radius 3 is 2.43 bits per heavy atom. The Kier molecular flexibility index (Phi) is 4.76. The van der Waals surface area contributed by atoms with Gasteiger partial charge in [-0.2, -0.15) is 0 Å². The molecule has 1 amide bonds. The second-order valence-electron chi connectivity index (χ2n) is 6.30. The van der Waals surface area contributed by atoms with Gasteiger partial charge in [-0.05, 0) is 57.2 Å². The lowest BCUT2D eigenvalue weighted by Gasteiger charge is -2.40. The summed E-state index contributed by atoms with van der Waals surface area (Å²) in [5, 5.41) is 18.9. The average Bonchev–Trinajstić information content (AvgIpc) is 2.42. The van der Waals surface area contributed by atoms with Crippen molar-refractivity contribution in [3.05, 3.63) is 23.8 Å². The molecular formula is C17H25NO3. The third kappa shape index (κ3) is 3.49. The van der Waals surface area contributed by atoms with Gasteiger partial charge < -0.3 is 15.1 Å². The third-order valence-corrected chi connectivity index (χ3v) is 4.45. The van der Waals surface area contributed by atoms with Crippen molar-refractivity contribution in [1.29, 1.82) is 0 Å². The summed E-state index contributed by atoms with van der Waals surface area (Å²) >= 11 is 0. The standard InChI is InChI=1S/C17H25NO3/c1-11(9-14-7-8-15(19)16(20)10-14)17(21)18-12(2)5-4-6-13(18)3/h7-8,10-13,19-20H,4-6,9H2,1-3H3. The van der Waals surface area contributed by atoms with E-state index in [2.05, 4.69) is 13.8 Å². The molecule has 4 nitrogen and oxygen atoms in total. The SMILES string of the molecule is CC(Cc1ccc(O)c(O)c1)C(=O)N1C(C)CCCC1C. The summed E-state index contributed by atoms with van der Waals surface area (Å²) in [5.74, 6) is -0.206. The summed E-state index contributed by atoms with van der Waals surface area (Å²) in [4.78, 5) is 14.7. The Labute approximate surface area is 126 Å². The highest BCUT2D eigenvalue weighted by Gasteiger charge is 2.31. The van der Waals surface area contributed by atoms with Gasteiger partial charge in [0, 0.05) is 18.0 Å². The number of rotatable bonds is 3. The van der Waals surface area contributed by atoms with Gasteiger partial charge in [0.2, 0.25) is 5.91 Å². The van der Waals surface area contributed by atoms with Crippen LogP contribution in [0.5, 0.6) is 11.5 Å². The first-order chi connectivity index (χ1) is 9.90. The Balaban J connectivity index is 2.06. The van der Waals surface area contributed by atoms with Crippen LogP contribution < -0.4 is 0 Å². The lowest BCUT2D eigenvalue weighted by atomic mass is 9.93. The van der Waals surface area contributed by atoms with E-state index in [1.54, 1.807) is 6.07 Å². The molecule has 3 atom stereocenters. The van der Waals surface area contributed by atoms with E-state index in [9.17, 15) is 15.0 Å². The second-order valence-corrected chi connectivity index (χ2v) is 6.30. The highest BCUT2D eigenvalue weighted by molar-refractivity contribution is 5.79. The molecule has 1 heterocycles. The van der Waals surface area contributed by atoms with Crippen molar-refractivity contribution >= 4 is 5.91 Å². The number of phenols is 2. The van der Waals surface area contributed by atoms with Crippen LogP contribution in [0, 0.1) is 5.92 Å². The Morgan fingerprint density at radius 2 is 1.86 bits per heavy atom. The van der Waals surface area contributed by atoms with Crippen molar-refractivity contribution in [3.8, 4) is 11.5 Å². The number of carbonyl (C=O) groups is 1. The summed E-state index contributed by atoms with van der Waals surface area (Å²) in [6.07, 6.45) is 3.90. The van der Waals surface area contributed by atoms with E-state index < -0.39 is 0 Å². The van der Waals surface area contributed by atoms with Gasteiger partial charge in [0.25, 0.3) is 0 Å². The van der Waals surface area contributed by atoms with Crippen LogP contribution in [0.1, 0.15) is 45.6 Å². The number of nitrogens with zero attached hydrogens (tertiary/aromatic N) is 1. The van der Waals surface area contributed by atoms with Gasteiger partial charge in [-0.15, -0.1) is 0 Å². The topological polar surface area (TPSA) is 60.8 Å². The largest absolute Gasteiger partial charge is 0.504 e. The molecule has 3 unspecified atom stereocenters. The first kappa shape index (κ1) is 15.7. The number of likely N-dealkylation sites (tertiary alicyclic amines) is 1. The van der Waals surface area contributed by atoms with Gasteiger partial charge in [-0.25, -0.2) is 0 Å². The van der Waals surface area contributed by atoms with Crippen LogP contribution in [0.3, 0.4) is 0 Å². The summed E-state index contributed by atoms with van der Waals surface area (Å²) in [6, 6.07) is 5.35. The second kappa shape index (κ2) is 6.37. The van der Waals surface area contributed by atoms with Gasteiger partial charge in [0.05, 0.1) is 0 Å². The molecule has 0 radical (unpaired) electrons. The van der Waals surface area contributed by atoms with Crippen LogP contribution >= 0.6 is 0 Å². The zero-order chi connectivity index (χ0) is 15.6. The molecule has 0 spiro atoms. The van der Waals surface area contributed by atoms with Crippen LogP contribution in [-0.2, 0) is 11.2 Å². The molecule has 2 rings (SSSR count). The third-order valence-electron chi connectivity index (χ3n) is 4.45. The smallest absolute Gasteiger partial charge is 0.226 e. The number of hydrogen-bond acceptors (Lipinski definition) is 3. The molecule has 2 N–H and O–H groups in total. The zero-order valence-corrected chi connectivity index (χ0v) is 13.0. The van der Waals surface area contributed by atoms with Crippen LogP contribution in [0.2, 0.25) is 0 Å². The molecule has 1 aliphatic heterocycles. The van der Waals surface area contributed by atoms with Gasteiger partial charge in [0.1, 0.15) is 0 Å².